The Balaban J connectivity index is 1.97. The Morgan fingerprint density at radius 2 is 1.95 bits per heavy atom. The number of nitriles is 1. The molecule has 0 amide bonds. The van der Waals surface area contributed by atoms with Gasteiger partial charge in [0.1, 0.15) is 10.9 Å². The van der Waals surface area contributed by atoms with Crippen molar-refractivity contribution in [2.45, 2.75) is 5.92 Å². The van der Waals surface area contributed by atoms with Crippen LogP contribution in [-0.2, 0) is 0 Å². The molecule has 2 aromatic heterocycles. The second-order valence-electron chi connectivity index (χ2n) is 4.25. The quantitative estimate of drug-likeness (QED) is 0.688. The minimum absolute atomic E-state index is 0.132. The molecule has 0 aliphatic heterocycles. The number of rotatable bonds is 3. The van der Waals surface area contributed by atoms with E-state index in [1.54, 1.807) is 12.3 Å². The number of hydrogen-bond donors (Lipinski definition) is 0. The maximum atomic E-state index is 9.42. The molecule has 3 rings (SSSR count). The zero-order chi connectivity index (χ0) is 14.7. The molecule has 1 unspecified atom stereocenters. The van der Waals surface area contributed by atoms with Crippen molar-refractivity contribution in [2.75, 3.05) is 0 Å². The molecular formula is C15H9ClN4S. The molecular weight excluding hydrogens is 304 g/mol. The third-order valence-electron chi connectivity index (χ3n) is 2.91. The van der Waals surface area contributed by atoms with E-state index in [4.69, 9.17) is 11.6 Å². The van der Waals surface area contributed by atoms with E-state index in [1.807, 2.05) is 35.7 Å². The van der Waals surface area contributed by atoms with Gasteiger partial charge in [-0.1, -0.05) is 30.3 Å². The lowest BCUT2D eigenvalue weighted by Gasteiger charge is -2.04. The minimum atomic E-state index is -0.534. The Morgan fingerprint density at radius 1 is 1.14 bits per heavy atom. The maximum Gasteiger partial charge on any atom is 0.222 e. The van der Waals surface area contributed by atoms with Crippen molar-refractivity contribution in [2.24, 2.45) is 0 Å². The Labute approximate surface area is 130 Å². The molecule has 21 heavy (non-hydrogen) atoms. The van der Waals surface area contributed by atoms with Gasteiger partial charge < -0.3 is 0 Å². The van der Waals surface area contributed by atoms with E-state index >= 15 is 0 Å². The highest BCUT2D eigenvalue weighted by Gasteiger charge is 2.19. The van der Waals surface area contributed by atoms with Gasteiger partial charge in [-0.15, -0.1) is 11.3 Å². The van der Waals surface area contributed by atoms with E-state index < -0.39 is 5.92 Å². The van der Waals surface area contributed by atoms with Crippen molar-refractivity contribution in [1.82, 2.24) is 15.0 Å². The van der Waals surface area contributed by atoms with Crippen LogP contribution in [0.25, 0.3) is 11.3 Å². The van der Waals surface area contributed by atoms with Gasteiger partial charge in [0, 0.05) is 17.1 Å². The molecule has 0 saturated carbocycles. The van der Waals surface area contributed by atoms with Crippen LogP contribution < -0.4 is 0 Å². The summed E-state index contributed by atoms with van der Waals surface area (Å²) in [5.74, 6) is -0.534. The largest absolute Gasteiger partial charge is 0.239 e. The van der Waals surface area contributed by atoms with Crippen molar-refractivity contribution < 1.29 is 0 Å². The zero-order valence-corrected chi connectivity index (χ0v) is 12.3. The highest BCUT2D eigenvalue weighted by atomic mass is 35.5. The highest BCUT2D eigenvalue weighted by Crippen LogP contribution is 2.29. The smallest absolute Gasteiger partial charge is 0.222 e. The predicted octanol–water partition coefficient (Wildman–Crippen LogP) is 3.91. The van der Waals surface area contributed by atoms with Gasteiger partial charge in [-0.2, -0.15) is 5.26 Å². The first-order valence-electron chi connectivity index (χ1n) is 6.17. The summed E-state index contributed by atoms with van der Waals surface area (Å²) in [6, 6.07) is 13.8. The first-order chi connectivity index (χ1) is 10.3. The van der Waals surface area contributed by atoms with Crippen molar-refractivity contribution >= 4 is 22.9 Å². The van der Waals surface area contributed by atoms with Crippen molar-refractivity contribution in [1.29, 1.82) is 5.26 Å². The molecule has 102 valence electrons. The number of halogens is 1. The van der Waals surface area contributed by atoms with E-state index in [9.17, 15) is 5.26 Å². The van der Waals surface area contributed by atoms with Crippen LogP contribution in [0.1, 0.15) is 16.6 Å². The van der Waals surface area contributed by atoms with Crippen LogP contribution in [0.3, 0.4) is 0 Å². The fraction of sp³-hybridized carbons (Fsp3) is 0.0667. The maximum absolute atomic E-state index is 9.42. The number of aromatic nitrogens is 3. The standard InChI is InChI=1S/C15H9ClN4S/c16-15-18-7-6-12(20-15)11(8-17)14-19-13(9-21-14)10-4-2-1-3-5-10/h1-7,9,11H. The molecule has 0 saturated heterocycles. The van der Waals surface area contributed by atoms with Crippen molar-refractivity contribution in [3.8, 4) is 17.3 Å². The van der Waals surface area contributed by atoms with Crippen LogP contribution in [0.4, 0.5) is 0 Å². The second kappa shape index (κ2) is 6.00. The summed E-state index contributed by atoms with van der Waals surface area (Å²) in [4.78, 5) is 12.5. The molecule has 0 spiro atoms. The first kappa shape index (κ1) is 13.7. The molecule has 3 aromatic rings. The molecule has 0 fully saturated rings. The van der Waals surface area contributed by atoms with Crippen LogP contribution >= 0.6 is 22.9 Å². The van der Waals surface area contributed by atoms with Crippen LogP contribution in [-0.4, -0.2) is 15.0 Å². The Bertz CT molecular complexity index is 795. The van der Waals surface area contributed by atoms with Gasteiger partial charge in [0.15, 0.2) is 0 Å². The third kappa shape index (κ3) is 2.92. The van der Waals surface area contributed by atoms with Gasteiger partial charge in [-0.3, -0.25) is 0 Å². The highest BCUT2D eigenvalue weighted by molar-refractivity contribution is 7.10. The van der Waals surface area contributed by atoms with E-state index in [-0.39, 0.29) is 5.28 Å². The van der Waals surface area contributed by atoms with E-state index in [0.29, 0.717) is 10.7 Å². The lowest BCUT2D eigenvalue weighted by molar-refractivity contribution is 0.931. The monoisotopic (exact) mass is 312 g/mol. The van der Waals surface area contributed by atoms with Crippen molar-refractivity contribution in [3.63, 3.8) is 0 Å². The fourth-order valence-corrected chi connectivity index (χ4v) is 2.95. The lowest BCUT2D eigenvalue weighted by Crippen LogP contribution is -2.01. The molecule has 0 radical (unpaired) electrons. The van der Waals surface area contributed by atoms with E-state index in [1.165, 1.54) is 11.3 Å². The summed E-state index contributed by atoms with van der Waals surface area (Å²) in [6.07, 6.45) is 1.54. The van der Waals surface area contributed by atoms with Crippen LogP contribution in [0.5, 0.6) is 0 Å². The normalized spacial score (nSPS) is 11.8. The summed E-state index contributed by atoms with van der Waals surface area (Å²) in [6.45, 7) is 0. The van der Waals surface area contributed by atoms with Crippen LogP contribution in [0.2, 0.25) is 5.28 Å². The Hall–Kier alpha value is -2.29. The first-order valence-corrected chi connectivity index (χ1v) is 7.42. The topological polar surface area (TPSA) is 62.5 Å². The van der Waals surface area contributed by atoms with E-state index in [0.717, 1.165) is 11.3 Å². The van der Waals surface area contributed by atoms with Crippen LogP contribution in [0.15, 0.2) is 48.0 Å². The molecule has 4 nitrogen and oxygen atoms in total. The fourth-order valence-electron chi connectivity index (χ4n) is 1.92. The summed E-state index contributed by atoms with van der Waals surface area (Å²) in [5, 5.41) is 12.2. The molecule has 0 N–H and O–H groups in total. The Morgan fingerprint density at radius 3 is 2.67 bits per heavy atom. The lowest BCUT2D eigenvalue weighted by atomic mass is 10.1. The van der Waals surface area contributed by atoms with Gasteiger partial charge in [0.2, 0.25) is 5.28 Å². The van der Waals surface area contributed by atoms with Gasteiger partial charge >= 0.3 is 0 Å². The van der Waals surface area contributed by atoms with Crippen molar-refractivity contribution in [3.05, 3.63) is 64.0 Å². The predicted molar refractivity (Wildman–Crippen MR) is 82.0 cm³/mol. The van der Waals surface area contributed by atoms with Gasteiger partial charge in [-0.25, -0.2) is 15.0 Å². The number of thiazole rings is 1. The molecule has 2 heterocycles. The summed E-state index contributed by atoms with van der Waals surface area (Å²) in [7, 11) is 0. The van der Waals surface area contributed by atoms with Gasteiger partial charge in [0.05, 0.1) is 17.5 Å². The average molecular weight is 313 g/mol. The molecule has 1 aromatic carbocycles. The second-order valence-corrected chi connectivity index (χ2v) is 5.48. The molecule has 0 aliphatic rings. The SMILES string of the molecule is N#CC(c1ccnc(Cl)n1)c1nc(-c2ccccc2)cs1. The Kier molecular flexibility index (Phi) is 3.91. The average Bonchev–Trinajstić information content (AvgIpc) is 2.99. The molecule has 1 atom stereocenters. The minimum Gasteiger partial charge on any atom is -0.239 e. The third-order valence-corrected chi connectivity index (χ3v) is 4.00. The number of nitrogens with zero attached hydrogens (tertiary/aromatic N) is 4. The summed E-state index contributed by atoms with van der Waals surface area (Å²) in [5.41, 5.74) is 2.44. The number of hydrogen-bond acceptors (Lipinski definition) is 5. The summed E-state index contributed by atoms with van der Waals surface area (Å²) < 4.78 is 0. The van der Waals surface area contributed by atoms with E-state index in [2.05, 4.69) is 21.0 Å². The zero-order valence-electron chi connectivity index (χ0n) is 10.8. The molecule has 0 aliphatic carbocycles. The van der Waals surface area contributed by atoms with Gasteiger partial charge in [-0.05, 0) is 17.7 Å². The number of benzene rings is 1. The molecule has 0 bridgehead atoms. The van der Waals surface area contributed by atoms with Gasteiger partial charge in [0.25, 0.3) is 0 Å². The van der Waals surface area contributed by atoms with Crippen LogP contribution in [0, 0.1) is 11.3 Å². The molecule has 6 heteroatoms. The summed E-state index contributed by atoms with van der Waals surface area (Å²) >= 11 is 7.23.